The number of hydrogen-bond donors (Lipinski definition) is 2. The van der Waals surface area contributed by atoms with E-state index in [1.165, 1.54) is 11.8 Å². The van der Waals surface area contributed by atoms with E-state index in [0.29, 0.717) is 17.2 Å². The van der Waals surface area contributed by atoms with Crippen LogP contribution in [-0.2, 0) is 9.59 Å². The summed E-state index contributed by atoms with van der Waals surface area (Å²) in [5.41, 5.74) is 0. The Morgan fingerprint density at radius 3 is 2.67 bits per heavy atom. The molecule has 98 valence electrons. The Hall–Kier alpha value is -1.20. The van der Waals surface area contributed by atoms with Crippen molar-refractivity contribution in [1.82, 2.24) is 5.32 Å². The van der Waals surface area contributed by atoms with Crippen molar-refractivity contribution in [3.05, 3.63) is 29.3 Å². The molecule has 0 aliphatic rings. The summed E-state index contributed by atoms with van der Waals surface area (Å²) in [5.74, 6) is -0.445. The van der Waals surface area contributed by atoms with Crippen molar-refractivity contribution in [3.63, 3.8) is 0 Å². The fourth-order valence-corrected chi connectivity index (χ4v) is 2.40. The lowest BCUT2D eigenvalue weighted by Gasteiger charge is -2.04. The topological polar surface area (TPSA) is 66.4 Å². The van der Waals surface area contributed by atoms with Crippen molar-refractivity contribution in [2.24, 2.45) is 0 Å². The molecule has 0 saturated carbocycles. The normalized spacial score (nSPS) is 10.1. The highest BCUT2D eigenvalue weighted by atomic mass is 35.5. The molecule has 0 spiro atoms. The summed E-state index contributed by atoms with van der Waals surface area (Å²) in [5, 5.41) is 11.6. The summed E-state index contributed by atoms with van der Waals surface area (Å²) in [6.07, 6.45) is 0.291. The molecule has 1 amide bonds. The maximum absolute atomic E-state index is 11.3. The summed E-state index contributed by atoms with van der Waals surface area (Å²) in [7, 11) is 0. The molecular formula is C12H14ClNO3S. The highest BCUT2D eigenvalue weighted by Gasteiger charge is 2.04. The van der Waals surface area contributed by atoms with Crippen LogP contribution in [0.5, 0.6) is 0 Å². The van der Waals surface area contributed by atoms with E-state index < -0.39 is 5.97 Å². The first kappa shape index (κ1) is 14.9. The van der Waals surface area contributed by atoms with Gasteiger partial charge in [0.25, 0.3) is 0 Å². The van der Waals surface area contributed by atoms with Crippen LogP contribution in [0, 0.1) is 0 Å². The number of halogens is 1. The van der Waals surface area contributed by atoms with Crippen molar-refractivity contribution in [2.75, 3.05) is 12.3 Å². The second-order valence-electron chi connectivity index (χ2n) is 3.52. The van der Waals surface area contributed by atoms with Crippen molar-refractivity contribution in [1.29, 1.82) is 0 Å². The van der Waals surface area contributed by atoms with Crippen LogP contribution in [0.4, 0.5) is 0 Å². The van der Waals surface area contributed by atoms with Crippen LogP contribution in [0.3, 0.4) is 0 Å². The molecule has 0 saturated heterocycles. The van der Waals surface area contributed by atoms with Gasteiger partial charge in [0, 0.05) is 23.6 Å². The maximum atomic E-state index is 11.3. The van der Waals surface area contributed by atoms with E-state index in [4.69, 9.17) is 16.7 Å². The van der Waals surface area contributed by atoms with E-state index in [1.807, 2.05) is 18.2 Å². The van der Waals surface area contributed by atoms with Crippen LogP contribution in [0.1, 0.15) is 12.8 Å². The van der Waals surface area contributed by atoms with Crippen molar-refractivity contribution < 1.29 is 14.7 Å². The molecule has 0 aliphatic carbocycles. The number of rotatable bonds is 7. The molecule has 0 fully saturated rings. The first-order chi connectivity index (χ1) is 8.59. The third-order valence-corrected chi connectivity index (χ3v) is 3.60. The Labute approximate surface area is 115 Å². The summed E-state index contributed by atoms with van der Waals surface area (Å²) >= 11 is 7.48. The molecule has 0 unspecified atom stereocenters. The number of carboxylic acid groups (broad SMARTS) is 1. The van der Waals surface area contributed by atoms with Crippen LogP contribution in [0.2, 0.25) is 5.02 Å². The Morgan fingerprint density at radius 2 is 2.00 bits per heavy atom. The van der Waals surface area contributed by atoms with E-state index in [9.17, 15) is 9.59 Å². The quantitative estimate of drug-likeness (QED) is 0.756. The molecule has 1 rings (SSSR count). The molecule has 0 radical (unpaired) electrons. The fraction of sp³-hybridized carbons (Fsp3) is 0.333. The van der Waals surface area contributed by atoms with Gasteiger partial charge in [-0.2, -0.15) is 0 Å². The van der Waals surface area contributed by atoms with Crippen LogP contribution in [-0.4, -0.2) is 29.3 Å². The van der Waals surface area contributed by atoms with Crippen molar-refractivity contribution in [2.45, 2.75) is 17.7 Å². The largest absolute Gasteiger partial charge is 0.481 e. The smallest absolute Gasteiger partial charge is 0.305 e. The monoisotopic (exact) mass is 287 g/mol. The number of benzene rings is 1. The predicted octanol–water partition coefficient (Wildman–Crippen LogP) is 2.41. The second-order valence-corrected chi connectivity index (χ2v) is 5.07. The van der Waals surface area contributed by atoms with Gasteiger partial charge >= 0.3 is 5.97 Å². The minimum absolute atomic E-state index is 0.0522. The molecule has 1 aromatic rings. The van der Waals surface area contributed by atoms with E-state index >= 15 is 0 Å². The van der Waals surface area contributed by atoms with Gasteiger partial charge in [-0.3, -0.25) is 9.59 Å². The Morgan fingerprint density at radius 1 is 1.28 bits per heavy atom. The first-order valence-electron chi connectivity index (χ1n) is 5.45. The molecule has 0 bridgehead atoms. The molecule has 0 aromatic heterocycles. The molecule has 0 atom stereocenters. The third kappa shape index (κ3) is 5.93. The first-order valence-corrected chi connectivity index (χ1v) is 6.82. The summed E-state index contributed by atoms with van der Waals surface area (Å²) < 4.78 is 0. The Bertz CT molecular complexity index is 426. The van der Waals surface area contributed by atoms with E-state index in [-0.39, 0.29) is 18.9 Å². The maximum Gasteiger partial charge on any atom is 0.305 e. The number of aliphatic carboxylic acids is 1. The molecule has 6 heteroatoms. The predicted molar refractivity (Wildman–Crippen MR) is 72.1 cm³/mol. The zero-order valence-electron chi connectivity index (χ0n) is 9.69. The number of hydrogen-bond acceptors (Lipinski definition) is 3. The number of carbonyl (C=O) groups excluding carboxylic acids is 1. The summed E-state index contributed by atoms with van der Waals surface area (Å²) in [6.45, 7) is 0.172. The van der Waals surface area contributed by atoms with E-state index in [2.05, 4.69) is 5.32 Å². The molecule has 4 nitrogen and oxygen atoms in total. The van der Waals surface area contributed by atoms with Gasteiger partial charge in [-0.1, -0.05) is 23.7 Å². The van der Waals surface area contributed by atoms with Gasteiger partial charge in [0.05, 0.1) is 11.4 Å². The molecule has 0 heterocycles. The van der Waals surface area contributed by atoms with Crippen LogP contribution in [0.25, 0.3) is 0 Å². The highest BCUT2D eigenvalue weighted by Crippen LogP contribution is 2.26. The Balaban J connectivity index is 2.20. The summed E-state index contributed by atoms with van der Waals surface area (Å²) in [4.78, 5) is 22.5. The zero-order valence-corrected chi connectivity index (χ0v) is 11.3. The standard InChI is InChI=1S/C12H14ClNO3S/c13-9-3-1-2-4-10(9)18-8-6-11(15)14-7-5-12(16)17/h1-4H,5-8H2,(H,14,15)(H,16,17). The average Bonchev–Trinajstić information content (AvgIpc) is 2.31. The lowest BCUT2D eigenvalue weighted by atomic mass is 10.4. The third-order valence-electron chi connectivity index (χ3n) is 2.08. The van der Waals surface area contributed by atoms with Gasteiger partial charge in [0.1, 0.15) is 0 Å². The lowest BCUT2D eigenvalue weighted by molar-refractivity contribution is -0.136. The van der Waals surface area contributed by atoms with Gasteiger partial charge in [0.2, 0.25) is 5.91 Å². The Kier molecular flexibility index (Phi) is 6.60. The van der Waals surface area contributed by atoms with E-state index in [0.717, 1.165) is 4.90 Å². The van der Waals surface area contributed by atoms with Gasteiger partial charge in [-0.05, 0) is 12.1 Å². The number of carboxylic acids is 1. The number of amides is 1. The minimum Gasteiger partial charge on any atom is -0.481 e. The number of carbonyl (C=O) groups is 2. The van der Waals surface area contributed by atoms with E-state index in [1.54, 1.807) is 6.07 Å². The number of nitrogens with one attached hydrogen (secondary N) is 1. The van der Waals surface area contributed by atoms with Gasteiger partial charge in [0.15, 0.2) is 0 Å². The molecule has 18 heavy (non-hydrogen) atoms. The van der Waals surface area contributed by atoms with Crippen LogP contribution >= 0.6 is 23.4 Å². The van der Waals surface area contributed by atoms with Crippen LogP contribution in [0.15, 0.2) is 29.2 Å². The second kappa shape index (κ2) is 8.00. The van der Waals surface area contributed by atoms with Crippen molar-refractivity contribution in [3.8, 4) is 0 Å². The molecule has 0 aliphatic heterocycles. The molecule has 1 aromatic carbocycles. The van der Waals surface area contributed by atoms with Gasteiger partial charge < -0.3 is 10.4 Å². The fourth-order valence-electron chi connectivity index (χ4n) is 1.21. The van der Waals surface area contributed by atoms with Gasteiger partial charge in [-0.25, -0.2) is 0 Å². The SMILES string of the molecule is O=C(O)CCNC(=O)CCSc1ccccc1Cl. The van der Waals surface area contributed by atoms with Crippen molar-refractivity contribution >= 4 is 35.2 Å². The van der Waals surface area contributed by atoms with Gasteiger partial charge in [-0.15, -0.1) is 11.8 Å². The van der Waals surface area contributed by atoms with Crippen LogP contribution < -0.4 is 5.32 Å². The zero-order chi connectivity index (χ0) is 13.4. The lowest BCUT2D eigenvalue weighted by Crippen LogP contribution is -2.26. The molecular weight excluding hydrogens is 274 g/mol. The average molecular weight is 288 g/mol. The minimum atomic E-state index is -0.916. The highest BCUT2D eigenvalue weighted by molar-refractivity contribution is 7.99. The number of thioether (sulfide) groups is 1. The molecule has 2 N–H and O–H groups in total. The summed E-state index contributed by atoms with van der Waals surface area (Å²) in [6, 6.07) is 7.44.